The van der Waals surface area contributed by atoms with E-state index in [0.717, 1.165) is 34.4 Å². The Bertz CT molecular complexity index is 624. The fraction of sp³-hybridized carbons (Fsp3) is 0.429. The number of carbonyl (C=O) groups excluding carboxylic acids is 1. The molecule has 3 heterocycles. The zero-order valence-corrected chi connectivity index (χ0v) is 13.1. The first-order chi connectivity index (χ1) is 10.2. The van der Waals surface area contributed by atoms with Gasteiger partial charge < -0.3 is 15.2 Å². The average molecular weight is 325 g/mol. The standard InChI is InChI=1S/C14H17ClN4OS/c15-12-3-2-11(21-12)8-18-14(20)17-7-10-1-4-13-16-5-6-19(13)9-10/h2-3,5-6,10H,1,4,7-9H2,(H2,17,18,20). The van der Waals surface area contributed by atoms with Gasteiger partial charge in [-0.05, 0) is 24.5 Å². The van der Waals surface area contributed by atoms with Crippen LogP contribution >= 0.6 is 22.9 Å². The Morgan fingerprint density at radius 3 is 3.19 bits per heavy atom. The Kier molecular flexibility index (Phi) is 4.45. The van der Waals surface area contributed by atoms with E-state index in [9.17, 15) is 4.79 Å². The molecule has 1 atom stereocenters. The maximum absolute atomic E-state index is 11.8. The van der Waals surface area contributed by atoms with Crippen LogP contribution in [0.5, 0.6) is 0 Å². The number of amides is 2. The van der Waals surface area contributed by atoms with E-state index in [2.05, 4.69) is 20.2 Å². The molecule has 0 saturated heterocycles. The zero-order chi connectivity index (χ0) is 14.7. The molecule has 2 amide bonds. The Morgan fingerprint density at radius 1 is 1.48 bits per heavy atom. The summed E-state index contributed by atoms with van der Waals surface area (Å²) in [6.45, 7) is 2.13. The summed E-state index contributed by atoms with van der Waals surface area (Å²) in [6, 6.07) is 3.64. The minimum atomic E-state index is -0.129. The smallest absolute Gasteiger partial charge is 0.315 e. The maximum atomic E-state index is 11.8. The number of hydrogen-bond acceptors (Lipinski definition) is 3. The number of nitrogens with one attached hydrogen (secondary N) is 2. The summed E-state index contributed by atoms with van der Waals surface area (Å²) in [5.74, 6) is 1.61. The first kappa shape index (κ1) is 14.4. The van der Waals surface area contributed by atoms with Crippen LogP contribution in [0.25, 0.3) is 0 Å². The highest BCUT2D eigenvalue weighted by Crippen LogP contribution is 2.21. The number of imidazole rings is 1. The van der Waals surface area contributed by atoms with E-state index in [-0.39, 0.29) is 6.03 Å². The second-order valence-corrected chi connectivity index (χ2v) is 6.97. The Balaban J connectivity index is 1.40. The molecule has 0 radical (unpaired) electrons. The molecule has 1 aliphatic rings. The number of urea groups is 1. The molecule has 2 N–H and O–H groups in total. The van der Waals surface area contributed by atoms with E-state index in [1.165, 1.54) is 11.3 Å². The van der Waals surface area contributed by atoms with Gasteiger partial charge in [-0.1, -0.05) is 11.6 Å². The van der Waals surface area contributed by atoms with Gasteiger partial charge in [-0.3, -0.25) is 0 Å². The molecule has 112 valence electrons. The minimum absolute atomic E-state index is 0.129. The molecule has 0 saturated carbocycles. The summed E-state index contributed by atoms with van der Waals surface area (Å²) in [7, 11) is 0. The first-order valence-electron chi connectivity index (χ1n) is 6.96. The van der Waals surface area contributed by atoms with Gasteiger partial charge in [0.15, 0.2) is 0 Å². The lowest BCUT2D eigenvalue weighted by Crippen LogP contribution is -2.39. The number of aryl methyl sites for hydroxylation is 1. The van der Waals surface area contributed by atoms with E-state index >= 15 is 0 Å². The number of halogens is 1. The molecular formula is C14H17ClN4OS. The molecule has 0 spiro atoms. The van der Waals surface area contributed by atoms with E-state index in [0.29, 0.717) is 19.0 Å². The van der Waals surface area contributed by atoms with Crippen LogP contribution < -0.4 is 10.6 Å². The molecule has 3 rings (SSSR count). The molecule has 0 fully saturated rings. The highest BCUT2D eigenvalue weighted by Gasteiger charge is 2.19. The summed E-state index contributed by atoms with van der Waals surface area (Å²) in [4.78, 5) is 17.1. The van der Waals surface area contributed by atoms with E-state index in [1.807, 2.05) is 24.5 Å². The number of aromatic nitrogens is 2. The van der Waals surface area contributed by atoms with Gasteiger partial charge in [0, 0.05) is 36.8 Å². The van der Waals surface area contributed by atoms with Crippen LogP contribution in [0.1, 0.15) is 17.1 Å². The Labute approximate surface area is 132 Å². The Hall–Kier alpha value is -1.53. The van der Waals surface area contributed by atoms with Gasteiger partial charge in [-0.2, -0.15) is 0 Å². The molecular weight excluding hydrogens is 308 g/mol. The van der Waals surface area contributed by atoms with E-state index in [4.69, 9.17) is 11.6 Å². The SMILES string of the molecule is O=C(NCc1ccc(Cl)s1)NCC1CCc2nccn2C1. The van der Waals surface area contributed by atoms with Crippen molar-refractivity contribution in [1.82, 2.24) is 20.2 Å². The number of thiophene rings is 1. The molecule has 0 aromatic carbocycles. The fourth-order valence-electron chi connectivity index (χ4n) is 2.52. The second-order valence-electron chi connectivity index (χ2n) is 5.17. The van der Waals surface area contributed by atoms with Gasteiger partial charge in [0.25, 0.3) is 0 Å². The predicted molar refractivity (Wildman–Crippen MR) is 83.6 cm³/mol. The van der Waals surface area contributed by atoms with E-state index in [1.54, 1.807) is 0 Å². The lowest BCUT2D eigenvalue weighted by Gasteiger charge is -2.23. The molecule has 2 aromatic heterocycles. The molecule has 1 aliphatic heterocycles. The van der Waals surface area contributed by atoms with Crippen molar-refractivity contribution in [2.24, 2.45) is 5.92 Å². The van der Waals surface area contributed by atoms with Gasteiger partial charge in [-0.15, -0.1) is 11.3 Å². The third-order valence-corrected chi connectivity index (χ3v) is 4.87. The number of rotatable bonds is 4. The summed E-state index contributed by atoms with van der Waals surface area (Å²) < 4.78 is 2.91. The lowest BCUT2D eigenvalue weighted by atomic mass is 9.99. The largest absolute Gasteiger partial charge is 0.338 e. The van der Waals surface area contributed by atoms with E-state index < -0.39 is 0 Å². The van der Waals surface area contributed by atoms with Crippen molar-refractivity contribution in [1.29, 1.82) is 0 Å². The van der Waals surface area contributed by atoms with Crippen molar-refractivity contribution in [2.75, 3.05) is 6.54 Å². The quantitative estimate of drug-likeness (QED) is 0.908. The molecule has 2 aromatic rings. The third-order valence-electron chi connectivity index (χ3n) is 3.64. The number of nitrogens with zero attached hydrogens (tertiary/aromatic N) is 2. The molecule has 1 unspecified atom stereocenters. The number of fused-ring (bicyclic) bond motifs is 1. The van der Waals surface area contributed by atoms with Crippen LogP contribution in [0.3, 0.4) is 0 Å². The highest BCUT2D eigenvalue weighted by molar-refractivity contribution is 7.16. The first-order valence-corrected chi connectivity index (χ1v) is 8.16. The second kappa shape index (κ2) is 6.49. The van der Waals surface area contributed by atoms with Crippen molar-refractivity contribution in [3.63, 3.8) is 0 Å². The maximum Gasteiger partial charge on any atom is 0.315 e. The van der Waals surface area contributed by atoms with Crippen molar-refractivity contribution >= 4 is 29.0 Å². The monoisotopic (exact) mass is 324 g/mol. The van der Waals surface area contributed by atoms with Crippen LogP contribution in [0, 0.1) is 5.92 Å². The van der Waals surface area contributed by atoms with Crippen molar-refractivity contribution in [3.8, 4) is 0 Å². The minimum Gasteiger partial charge on any atom is -0.338 e. The lowest BCUT2D eigenvalue weighted by molar-refractivity contribution is 0.236. The normalized spacial score (nSPS) is 17.3. The van der Waals surface area contributed by atoms with Crippen LogP contribution in [-0.2, 0) is 19.5 Å². The Morgan fingerprint density at radius 2 is 2.38 bits per heavy atom. The van der Waals surface area contributed by atoms with Gasteiger partial charge in [0.1, 0.15) is 5.82 Å². The van der Waals surface area contributed by atoms with Crippen LogP contribution in [0.4, 0.5) is 4.79 Å². The van der Waals surface area contributed by atoms with Gasteiger partial charge >= 0.3 is 6.03 Å². The van der Waals surface area contributed by atoms with Crippen LogP contribution in [0.15, 0.2) is 24.5 Å². The molecule has 0 bridgehead atoms. The van der Waals surface area contributed by atoms with Crippen LogP contribution in [-0.4, -0.2) is 22.1 Å². The summed E-state index contributed by atoms with van der Waals surface area (Å²) in [6.07, 6.45) is 5.89. The summed E-state index contributed by atoms with van der Waals surface area (Å²) in [5, 5.41) is 5.79. The third kappa shape index (κ3) is 3.77. The molecule has 0 aliphatic carbocycles. The van der Waals surface area contributed by atoms with Gasteiger partial charge in [0.2, 0.25) is 0 Å². The van der Waals surface area contributed by atoms with Gasteiger partial charge in [-0.25, -0.2) is 9.78 Å². The predicted octanol–water partition coefficient (Wildman–Crippen LogP) is 2.66. The molecule has 7 heteroatoms. The summed E-state index contributed by atoms with van der Waals surface area (Å²) in [5.41, 5.74) is 0. The highest BCUT2D eigenvalue weighted by atomic mass is 35.5. The molecule has 21 heavy (non-hydrogen) atoms. The number of hydrogen-bond donors (Lipinski definition) is 2. The van der Waals surface area contributed by atoms with Crippen molar-refractivity contribution in [3.05, 3.63) is 39.6 Å². The average Bonchev–Trinajstić information content (AvgIpc) is 3.10. The number of carbonyl (C=O) groups is 1. The van der Waals surface area contributed by atoms with Crippen molar-refractivity contribution in [2.45, 2.75) is 25.9 Å². The van der Waals surface area contributed by atoms with Crippen LogP contribution in [0.2, 0.25) is 4.34 Å². The molecule has 5 nitrogen and oxygen atoms in total. The zero-order valence-electron chi connectivity index (χ0n) is 11.5. The summed E-state index contributed by atoms with van der Waals surface area (Å²) >= 11 is 7.33. The van der Waals surface area contributed by atoms with Crippen molar-refractivity contribution < 1.29 is 4.79 Å². The topological polar surface area (TPSA) is 59.0 Å². The fourth-order valence-corrected chi connectivity index (χ4v) is 3.54. The van der Waals surface area contributed by atoms with Gasteiger partial charge in [0.05, 0.1) is 10.9 Å².